The Bertz CT molecular complexity index is 760. The van der Waals surface area contributed by atoms with Crippen molar-refractivity contribution in [1.82, 2.24) is 15.1 Å². The van der Waals surface area contributed by atoms with Crippen LogP contribution in [0.1, 0.15) is 18.5 Å². The first-order valence-corrected chi connectivity index (χ1v) is 6.89. The average Bonchev–Trinajstić information content (AvgIpc) is 2.98. The van der Waals surface area contributed by atoms with Gasteiger partial charge in [-0.05, 0) is 25.8 Å². The Labute approximate surface area is 121 Å². The number of furan rings is 1. The molecule has 4 rings (SSSR count). The predicted octanol–water partition coefficient (Wildman–Crippen LogP) is 3.27. The molecule has 6 heteroatoms. The van der Waals surface area contributed by atoms with Crippen molar-refractivity contribution in [2.75, 3.05) is 5.32 Å². The van der Waals surface area contributed by atoms with Crippen LogP contribution < -0.4 is 5.32 Å². The van der Waals surface area contributed by atoms with Crippen LogP contribution in [0.5, 0.6) is 0 Å². The van der Waals surface area contributed by atoms with Gasteiger partial charge in [0.2, 0.25) is 5.95 Å². The molecule has 0 spiro atoms. The minimum Gasteiger partial charge on any atom is -0.472 e. The van der Waals surface area contributed by atoms with Crippen LogP contribution in [-0.4, -0.2) is 21.2 Å². The highest BCUT2D eigenvalue weighted by Gasteiger charge is 2.23. The zero-order valence-corrected chi connectivity index (χ0v) is 11.5. The Morgan fingerprint density at radius 2 is 2.24 bits per heavy atom. The molecule has 3 aromatic heterocycles. The molecule has 21 heavy (non-hydrogen) atoms. The van der Waals surface area contributed by atoms with Crippen LogP contribution in [0, 0.1) is 6.92 Å². The summed E-state index contributed by atoms with van der Waals surface area (Å²) in [7, 11) is 0. The molecule has 1 saturated carbocycles. The van der Waals surface area contributed by atoms with E-state index in [1.165, 1.54) is 12.8 Å². The number of rotatable bonds is 4. The summed E-state index contributed by atoms with van der Waals surface area (Å²) in [4.78, 5) is 8.99. The fourth-order valence-electron chi connectivity index (χ4n) is 2.15. The maximum Gasteiger partial charge on any atom is 0.223 e. The molecule has 0 amide bonds. The highest BCUT2D eigenvalue weighted by atomic mass is 16.5. The highest BCUT2D eigenvalue weighted by molar-refractivity contribution is 5.77. The fourth-order valence-corrected chi connectivity index (χ4v) is 2.15. The summed E-state index contributed by atoms with van der Waals surface area (Å²) in [6.45, 7) is 1.88. The Morgan fingerprint density at radius 3 is 2.90 bits per heavy atom. The third kappa shape index (κ3) is 2.40. The van der Waals surface area contributed by atoms with Crippen LogP contribution in [0.4, 0.5) is 5.95 Å². The largest absolute Gasteiger partial charge is 0.472 e. The smallest absolute Gasteiger partial charge is 0.223 e. The molecular formula is C15H14N4O2. The summed E-state index contributed by atoms with van der Waals surface area (Å²) < 4.78 is 10.5. The molecule has 1 fully saturated rings. The summed E-state index contributed by atoms with van der Waals surface area (Å²) >= 11 is 0. The van der Waals surface area contributed by atoms with E-state index >= 15 is 0 Å². The lowest BCUT2D eigenvalue weighted by molar-refractivity contribution is 0.427. The summed E-state index contributed by atoms with van der Waals surface area (Å²) in [6.07, 6.45) is 7.40. The van der Waals surface area contributed by atoms with Gasteiger partial charge in [-0.25, -0.2) is 9.97 Å². The Kier molecular flexibility index (Phi) is 2.73. The van der Waals surface area contributed by atoms with E-state index in [4.69, 9.17) is 8.94 Å². The van der Waals surface area contributed by atoms with Crippen molar-refractivity contribution in [3.05, 3.63) is 36.5 Å². The van der Waals surface area contributed by atoms with Gasteiger partial charge in [-0.2, -0.15) is 0 Å². The molecule has 0 aromatic carbocycles. The molecule has 0 atom stereocenters. The first-order chi connectivity index (χ1) is 10.3. The van der Waals surface area contributed by atoms with E-state index in [2.05, 4.69) is 20.4 Å². The second-order valence-electron chi connectivity index (χ2n) is 5.22. The van der Waals surface area contributed by atoms with Crippen LogP contribution in [0.25, 0.3) is 22.6 Å². The van der Waals surface area contributed by atoms with E-state index in [1.807, 2.05) is 19.1 Å². The summed E-state index contributed by atoms with van der Waals surface area (Å²) in [6, 6.07) is 4.24. The maximum atomic E-state index is 5.34. The molecular weight excluding hydrogens is 268 g/mol. The quantitative estimate of drug-likeness (QED) is 0.791. The molecule has 0 aliphatic heterocycles. The van der Waals surface area contributed by atoms with E-state index in [9.17, 15) is 0 Å². The van der Waals surface area contributed by atoms with Crippen molar-refractivity contribution >= 4 is 5.95 Å². The minimum absolute atomic E-state index is 0.501. The molecule has 1 aliphatic carbocycles. The van der Waals surface area contributed by atoms with Gasteiger partial charge in [0.05, 0.1) is 29.5 Å². The van der Waals surface area contributed by atoms with E-state index < -0.39 is 0 Å². The van der Waals surface area contributed by atoms with Gasteiger partial charge in [-0.1, -0.05) is 5.16 Å². The Morgan fingerprint density at radius 1 is 1.33 bits per heavy atom. The van der Waals surface area contributed by atoms with Gasteiger partial charge in [-0.15, -0.1) is 0 Å². The van der Waals surface area contributed by atoms with Crippen molar-refractivity contribution < 1.29 is 8.94 Å². The standard InChI is InChI=1S/C15H14N4O2/c1-9-6-13(21-19-9)12-7-16-15(17-11-2-3-11)18-14(12)10-4-5-20-8-10/h4-8,11H,2-3H2,1H3,(H,16,17,18). The van der Waals surface area contributed by atoms with Gasteiger partial charge < -0.3 is 14.3 Å². The average molecular weight is 282 g/mol. The van der Waals surface area contributed by atoms with Crippen LogP contribution in [0.15, 0.2) is 39.8 Å². The first-order valence-electron chi connectivity index (χ1n) is 6.89. The number of hydrogen-bond acceptors (Lipinski definition) is 6. The van der Waals surface area contributed by atoms with Crippen molar-refractivity contribution in [1.29, 1.82) is 0 Å². The molecule has 0 unspecified atom stereocenters. The number of nitrogens with one attached hydrogen (secondary N) is 1. The normalized spacial score (nSPS) is 14.3. The van der Waals surface area contributed by atoms with E-state index in [1.54, 1.807) is 18.7 Å². The Balaban J connectivity index is 1.81. The SMILES string of the molecule is Cc1cc(-c2cnc(NC3CC3)nc2-c2ccoc2)on1. The van der Waals surface area contributed by atoms with Crippen molar-refractivity contribution in [3.63, 3.8) is 0 Å². The van der Waals surface area contributed by atoms with Crippen molar-refractivity contribution in [3.8, 4) is 22.6 Å². The molecule has 0 radical (unpaired) electrons. The summed E-state index contributed by atoms with van der Waals surface area (Å²) in [5, 5.41) is 7.23. The third-order valence-corrected chi connectivity index (χ3v) is 3.39. The number of aromatic nitrogens is 3. The zero-order valence-electron chi connectivity index (χ0n) is 11.5. The maximum absolute atomic E-state index is 5.34. The van der Waals surface area contributed by atoms with Crippen LogP contribution >= 0.6 is 0 Å². The van der Waals surface area contributed by atoms with E-state index in [0.29, 0.717) is 17.8 Å². The minimum atomic E-state index is 0.501. The third-order valence-electron chi connectivity index (χ3n) is 3.39. The van der Waals surface area contributed by atoms with Crippen LogP contribution in [0.3, 0.4) is 0 Å². The van der Waals surface area contributed by atoms with Crippen molar-refractivity contribution in [2.45, 2.75) is 25.8 Å². The second kappa shape index (κ2) is 4.73. The molecule has 3 heterocycles. The number of nitrogens with zero attached hydrogens (tertiary/aromatic N) is 3. The molecule has 3 aromatic rings. The lowest BCUT2D eigenvalue weighted by atomic mass is 10.1. The number of aryl methyl sites for hydroxylation is 1. The van der Waals surface area contributed by atoms with E-state index in [-0.39, 0.29) is 0 Å². The van der Waals surface area contributed by atoms with Gasteiger partial charge >= 0.3 is 0 Å². The zero-order chi connectivity index (χ0) is 14.2. The highest BCUT2D eigenvalue weighted by Crippen LogP contribution is 2.32. The molecule has 0 bridgehead atoms. The lowest BCUT2D eigenvalue weighted by Crippen LogP contribution is -2.06. The summed E-state index contributed by atoms with van der Waals surface area (Å²) in [5.74, 6) is 1.29. The van der Waals surface area contributed by atoms with Crippen LogP contribution in [0.2, 0.25) is 0 Å². The molecule has 106 valence electrons. The van der Waals surface area contributed by atoms with Gasteiger partial charge in [0.25, 0.3) is 0 Å². The molecule has 6 nitrogen and oxygen atoms in total. The van der Waals surface area contributed by atoms with Crippen molar-refractivity contribution in [2.24, 2.45) is 0 Å². The summed E-state index contributed by atoms with van der Waals surface area (Å²) in [5.41, 5.74) is 3.29. The second-order valence-corrected chi connectivity index (χ2v) is 5.22. The van der Waals surface area contributed by atoms with Gasteiger partial charge in [0.15, 0.2) is 5.76 Å². The Hall–Kier alpha value is -2.63. The lowest BCUT2D eigenvalue weighted by Gasteiger charge is -2.07. The van der Waals surface area contributed by atoms with Crippen LogP contribution in [-0.2, 0) is 0 Å². The predicted molar refractivity (Wildman–Crippen MR) is 76.6 cm³/mol. The molecule has 1 N–H and O–H groups in total. The number of hydrogen-bond donors (Lipinski definition) is 1. The van der Waals surface area contributed by atoms with Gasteiger partial charge in [-0.3, -0.25) is 0 Å². The first kappa shape index (κ1) is 12.1. The monoisotopic (exact) mass is 282 g/mol. The molecule has 1 aliphatic rings. The number of anilines is 1. The van der Waals surface area contributed by atoms with Gasteiger partial charge in [0, 0.05) is 23.9 Å². The molecule has 0 saturated heterocycles. The topological polar surface area (TPSA) is 77.0 Å². The van der Waals surface area contributed by atoms with E-state index in [0.717, 1.165) is 22.5 Å². The fraction of sp³-hybridized carbons (Fsp3) is 0.267. The van der Waals surface area contributed by atoms with Gasteiger partial charge in [0.1, 0.15) is 0 Å².